The Bertz CT molecular complexity index is 772. The summed E-state index contributed by atoms with van der Waals surface area (Å²) in [5.41, 5.74) is 3.39. The largest absolute Gasteiger partial charge is 0.396 e. The van der Waals surface area contributed by atoms with Gasteiger partial charge in [-0.3, -0.25) is 4.98 Å². The Balaban J connectivity index is 1.50. The third kappa shape index (κ3) is 3.96. The molecule has 2 aromatic rings. The zero-order valence-corrected chi connectivity index (χ0v) is 16.6. The van der Waals surface area contributed by atoms with Crippen molar-refractivity contribution in [3.63, 3.8) is 0 Å². The molecule has 0 radical (unpaired) electrons. The van der Waals surface area contributed by atoms with Crippen LogP contribution < -0.4 is 4.90 Å². The fourth-order valence-electron chi connectivity index (χ4n) is 4.72. The van der Waals surface area contributed by atoms with E-state index in [0.29, 0.717) is 11.8 Å². The van der Waals surface area contributed by atoms with Gasteiger partial charge in [-0.25, -0.2) is 0 Å². The number of piperazine rings is 1. The Morgan fingerprint density at radius 2 is 1.74 bits per heavy atom. The zero-order chi connectivity index (χ0) is 18.8. The minimum Gasteiger partial charge on any atom is -0.396 e. The topological polar surface area (TPSA) is 42.8 Å². The minimum atomic E-state index is 0.276. The number of rotatable bonds is 5. The molecule has 2 saturated heterocycles. The number of aromatic nitrogens is 1. The van der Waals surface area contributed by atoms with Gasteiger partial charge in [-0.2, -0.15) is 0 Å². The number of aliphatic hydroxyl groups excluding tert-OH is 1. The number of hydrogen-bond donors (Lipinski definition) is 1. The van der Waals surface area contributed by atoms with E-state index in [2.05, 4.69) is 63.9 Å². The lowest BCUT2D eigenvalue weighted by Crippen LogP contribution is -2.48. The average Bonchev–Trinajstić information content (AvgIpc) is 3.10. The Hall–Kier alpha value is -1.69. The van der Waals surface area contributed by atoms with Crippen LogP contribution >= 0.6 is 0 Å². The van der Waals surface area contributed by atoms with Gasteiger partial charge in [0.15, 0.2) is 0 Å². The lowest BCUT2D eigenvalue weighted by atomic mass is 9.96. The summed E-state index contributed by atoms with van der Waals surface area (Å²) in [6.07, 6.45) is 0. The molecule has 1 N–H and O–H groups in total. The van der Waals surface area contributed by atoms with Gasteiger partial charge in [0.25, 0.3) is 0 Å². The van der Waals surface area contributed by atoms with Crippen molar-refractivity contribution < 1.29 is 5.11 Å². The first-order valence-electron chi connectivity index (χ1n) is 10.3. The van der Waals surface area contributed by atoms with Gasteiger partial charge in [0.2, 0.25) is 0 Å². The van der Waals surface area contributed by atoms with E-state index in [1.54, 1.807) is 0 Å². The molecule has 4 rings (SSSR count). The summed E-state index contributed by atoms with van der Waals surface area (Å²) in [4.78, 5) is 12.3. The molecule has 27 heavy (non-hydrogen) atoms. The molecule has 2 fully saturated rings. The molecular weight excluding hydrogens is 336 g/mol. The SMILES string of the molecule is CCN1CCN(C[C@@H]2CN(c3cc(C)nc4ccccc34)C[C@@H]2CO)CC1. The van der Waals surface area contributed by atoms with Crippen molar-refractivity contribution in [1.29, 1.82) is 0 Å². The van der Waals surface area contributed by atoms with Crippen molar-refractivity contribution in [1.82, 2.24) is 14.8 Å². The highest BCUT2D eigenvalue weighted by molar-refractivity contribution is 5.92. The summed E-state index contributed by atoms with van der Waals surface area (Å²) < 4.78 is 0. The van der Waals surface area contributed by atoms with E-state index in [4.69, 9.17) is 0 Å². The quantitative estimate of drug-likeness (QED) is 0.877. The van der Waals surface area contributed by atoms with Crippen molar-refractivity contribution in [3.8, 4) is 0 Å². The Morgan fingerprint density at radius 1 is 1.04 bits per heavy atom. The number of aliphatic hydroxyl groups is 1. The number of pyridine rings is 1. The Kier molecular flexibility index (Phi) is 5.62. The van der Waals surface area contributed by atoms with Crippen LogP contribution in [-0.2, 0) is 0 Å². The molecule has 1 aromatic heterocycles. The second kappa shape index (κ2) is 8.13. The monoisotopic (exact) mass is 368 g/mol. The van der Waals surface area contributed by atoms with E-state index in [1.165, 1.54) is 24.2 Å². The lowest BCUT2D eigenvalue weighted by Gasteiger charge is -2.36. The minimum absolute atomic E-state index is 0.276. The second-order valence-electron chi connectivity index (χ2n) is 8.14. The lowest BCUT2D eigenvalue weighted by molar-refractivity contribution is 0.106. The molecule has 5 nitrogen and oxygen atoms in total. The fraction of sp³-hybridized carbons (Fsp3) is 0.591. The summed E-state index contributed by atoms with van der Waals surface area (Å²) in [5, 5.41) is 11.2. The molecule has 2 atom stereocenters. The van der Waals surface area contributed by atoms with Crippen LogP contribution in [0.2, 0.25) is 0 Å². The van der Waals surface area contributed by atoms with Crippen LogP contribution in [0.5, 0.6) is 0 Å². The third-order valence-corrected chi connectivity index (χ3v) is 6.38. The van der Waals surface area contributed by atoms with Gasteiger partial charge in [0, 0.05) is 75.1 Å². The van der Waals surface area contributed by atoms with E-state index in [0.717, 1.165) is 50.5 Å². The van der Waals surface area contributed by atoms with Crippen molar-refractivity contribution in [2.75, 3.05) is 63.9 Å². The second-order valence-corrected chi connectivity index (χ2v) is 8.14. The number of hydrogen-bond acceptors (Lipinski definition) is 5. The van der Waals surface area contributed by atoms with Crippen LogP contribution in [0.1, 0.15) is 12.6 Å². The van der Waals surface area contributed by atoms with Crippen LogP contribution in [0.15, 0.2) is 30.3 Å². The maximum atomic E-state index is 10.0. The van der Waals surface area contributed by atoms with Crippen molar-refractivity contribution in [2.45, 2.75) is 13.8 Å². The van der Waals surface area contributed by atoms with Gasteiger partial charge in [-0.1, -0.05) is 25.1 Å². The molecule has 5 heteroatoms. The highest BCUT2D eigenvalue weighted by Gasteiger charge is 2.34. The highest BCUT2D eigenvalue weighted by Crippen LogP contribution is 2.33. The first kappa shape index (κ1) is 18.7. The van der Waals surface area contributed by atoms with E-state index >= 15 is 0 Å². The van der Waals surface area contributed by atoms with Gasteiger partial charge < -0.3 is 19.8 Å². The molecule has 0 amide bonds. The number of nitrogens with zero attached hydrogens (tertiary/aromatic N) is 4. The zero-order valence-electron chi connectivity index (χ0n) is 16.6. The molecule has 146 valence electrons. The van der Waals surface area contributed by atoms with Gasteiger partial charge in [0.05, 0.1) is 5.52 Å². The number of fused-ring (bicyclic) bond motifs is 1. The van der Waals surface area contributed by atoms with Gasteiger partial charge >= 0.3 is 0 Å². The predicted molar refractivity (Wildman–Crippen MR) is 111 cm³/mol. The number of para-hydroxylation sites is 1. The predicted octanol–water partition coefficient (Wildman–Crippen LogP) is 2.23. The molecule has 0 bridgehead atoms. The molecule has 2 aliphatic heterocycles. The maximum absolute atomic E-state index is 10.0. The average molecular weight is 369 g/mol. The summed E-state index contributed by atoms with van der Waals surface area (Å²) in [7, 11) is 0. The maximum Gasteiger partial charge on any atom is 0.0726 e. The number of aryl methyl sites for hydroxylation is 1. The molecule has 2 aliphatic rings. The van der Waals surface area contributed by atoms with Crippen LogP contribution in [-0.4, -0.2) is 78.9 Å². The van der Waals surface area contributed by atoms with E-state index < -0.39 is 0 Å². The molecule has 0 spiro atoms. The van der Waals surface area contributed by atoms with Crippen molar-refractivity contribution >= 4 is 16.6 Å². The van der Waals surface area contributed by atoms with E-state index in [-0.39, 0.29) is 6.61 Å². The number of anilines is 1. The van der Waals surface area contributed by atoms with Gasteiger partial charge in [-0.05, 0) is 31.5 Å². The van der Waals surface area contributed by atoms with Crippen molar-refractivity contribution in [3.05, 3.63) is 36.0 Å². The molecule has 3 heterocycles. The molecule has 0 saturated carbocycles. The molecule has 0 aliphatic carbocycles. The fourth-order valence-corrected chi connectivity index (χ4v) is 4.72. The standard InChI is InChI=1S/C22H32N4O/c1-3-24-8-10-25(11-9-24)13-18-14-26(15-19(18)16-27)22-12-17(2)23-21-7-5-4-6-20(21)22/h4-7,12,18-19,27H,3,8-11,13-16H2,1-2H3/t18-,19-/m1/s1. The number of likely N-dealkylation sites (N-methyl/N-ethyl adjacent to an activating group) is 1. The Labute approximate surface area is 162 Å². The molecule has 1 aromatic carbocycles. The normalized spacial score (nSPS) is 24.8. The Morgan fingerprint density at radius 3 is 2.48 bits per heavy atom. The molecule has 0 unspecified atom stereocenters. The van der Waals surface area contributed by atoms with Gasteiger partial charge in [0.1, 0.15) is 0 Å². The van der Waals surface area contributed by atoms with Crippen LogP contribution in [0.4, 0.5) is 5.69 Å². The number of benzene rings is 1. The first-order chi connectivity index (χ1) is 13.2. The summed E-state index contributed by atoms with van der Waals surface area (Å²) in [6.45, 7) is 13.4. The van der Waals surface area contributed by atoms with Crippen LogP contribution in [0.3, 0.4) is 0 Å². The molecular formula is C22H32N4O. The summed E-state index contributed by atoms with van der Waals surface area (Å²) in [5.74, 6) is 0.872. The third-order valence-electron chi connectivity index (χ3n) is 6.38. The summed E-state index contributed by atoms with van der Waals surface area (Å²) >= 11 is 0. The highest BCUT2D eigenvalue weighted by atomic mass is 16.3. The van der Waals surface area contributed by atoms with E-state index in [9.17, 15) is 5.11 Å². The first-order valence-corrected chi connectivity index (χ1v) is 10.3. The smallest absolute Gasteiger partial charge is 0.0726 e. The van der Waals surface area contributed by atoms with Gasteiger partial charge in [-0.15, -0.1) is 0 Å². The van der Waals surface area contributed by atoms with Crippen LogP contribution in [0.25, 0.3) is 10.9 Å². The van der Waals surface area contributed by atoms with E-state index in [1.807, 2.05) is 0 Å². The van der Waals surface area contributed by atoms with Crippen molar-refractivity contribution in [2.24, 2.45) is 11.8 Å². The van der Waals surface area contributed by atoms with Crippen LogP contribution in [0, 0.1) is 18.8 Å². The summed E-state index contributed by atoms with van der Waals surface area (Å²) in [6, 6.07) is 10.6.